The van der Waals surface area contributed by atoms with Crippen molar-refractivity contribution in [3.05, 3.63) is 39.1 Å². The summed E-state index contributed by atoms with van der Waals surface area (Å²) in [6.07, 6.45) is 4.61. The van der Waals surface area contributed by atoms with Gasteiger partial charge in [-0.15, -0.1) is 0 Å². The van der Waals surface area contributed by atoms with Crippen molar-refractivity contribution in [1.29, 1.82) is 0 Å². The van der Waals surface area contributed by atoms with Crippen LogP contribution in [0.3, 0.4) is 0 Å². The van der Waals surface area contributed by atoms with Crippen LogP contribution in [0.5, 0.6) is 0 Å². The van der Waals surface area contributed by atoms with Crippen molar-refractivity contribution in [2.45, 2.75) is 6.92 Å². The number of hydrogen-bond donors (Lipinski definition) is 1. The summed E-state index contributed by atoms with van der Waals surface area (Å²) in [5, 5.41) is 2.88. The molecule has 0 bridgehead atoms. The van der Waals surface area contributed by atoms with E-state index >= 15 is 0 Å². The van der Waals surface area contributed by atoms with Gasteiger partial charge in [0.25, 0.3) is 5.56 Å². The number of rotatable bonds is 1. The molecule has 14 heavy (non-hydrogen) atoms. The van der Waals surface area contributed by atoms with Crippen molar-refractivity contribution < 1.29 is 0 Å². The molecule has 0 aromatic carbocycles. The highest BCUT2D eigenvalue weighted by Crippen LogP contribution is 2.09. The van der Waals surface area contributed by atoms with E-state index in [1.165, 1.54) is 17.1 Å². The topological polar surface area (TPSA) is 63.6 Å². The van der Waals surface area contributed by atoms with Crippen LogP contribution in [-0.2, 0) is 0 Å². The summed E-state index contributed by atoms with van der Waals surface area (Å²) in [5.74, 6) is 0.478. The molecule has 0 amide bonds. The first-order valence-electron chi connectivity index (χ1n) is 3.93. The number of nitrogens with one attached hydrogen (secondary N) is 1. The number of nitrogens with zero attached hydrogens (tertiary/aromatic N) is 3. The first kappa shape index (κ1) is 9.14. The largest absolute Gasteiger partial charge is 0.293 e. The Labute approximate surface area is 87.9 Å². The summed E-state index contributed by atoms with van der Waals surface area (Å²) in [6, 6.07) is 0. The van der Waals surface area contributed by atoms with Crippen molar-refractivity contribution in [3.8, 4) is 5.82 Å². The minimum atomic E-state index is -0.164. The van der Waals surface area contributed by atoms with Crippen LogP contribution < -0.4 is 5.56 Å². The molecule has 0 aliphatic heterocycles. The summed E-state index contributed by atoms with van der Waals surface area (Å²) in [4.78, 5) is 19.5. The Bertz CT molecular complexity index is 502. The molecule has 6 heteroatoms. The zero-order chi connectivity index (χ0) is 10.1. The van der Waals surface area contributed by atoms with Crippen LogP contribution in [-0.4, -0.2) is 19.7 Å². The van der Waals surface area contributed by atoms with Crippen LogP contribution in [0.25, 0.3) is 5.82 Å². The zero-order valence-corrected chi connectivity index (χ0v) is 8.95. The summed E-state index contributed by atoms with van der Waals surface area (Å²) in [7, 11) is 0. The number of aromatic amines is 1. The van der Waals surface area contributed by atoms with E-state index in [4.69, 9.17) is 0 Å². The lowest BCUT2D eigenvalue weighted by atomic mass is 10.5. The second-order valence-electron chi connectivity index (χ2n) is 2.75. The first-order chi connectivity index (χ1) is 6.70. The lowest BCUT2D eigenvalue weighted by molar-refractivity contribution is 0.800. The molecule has 72 valence electrons. The average Bonchev–Trinajstić information content (AvgIpc) is 2.47. The molecule has 0 spiro atoms. The maximum absolute atomic E-state index is 11.6. The SMILES string of the molecule is Cc1[nH]n(-c2cnccn2)c(=O)c1Br. The number of aromatic nitrogens is 4. The van der Waals surface area contributed by atoms with Crippen LogP contribution in [0, 0.1) is 6.92 Å². The Morgan fingerprint density at radius 2 is 2.29 bits per heavy atom. The first-order valence-corrected chi connectivity index (χ1v) is 4.73. The van der Waals surface area contributed by atoms with Crippen molar-refractivity contribution >= 4 is 15.9 Å². The van der Waals surface area contributed by atoms with Crippen LogP contribution in [0.1, 0.15) is 5.69 Å². The fourth-order valence-electron chi connectivity index (χ4n) is 1.09. The highest BCUT2D eigenvalue weighted by molar-refractivity contribution is 9.10. The second kappa shape index (κ2) is 3.38. The van der Waals surface area contributed by atoms with Crippen LogP contribution >= 0.6 is 15.9 Å². The quantitative estimate of drug-likeness (QED) is 0.827. The molecular formula is C8H7BrN4O. The van der Waals surface area contributed by atoms with Gasteiger partial charge in [-0.1, -0.05) is 0 Å². The van der Waals surface area contributed by atoms with E-state index in [0.717, 1.165) is 5.69 Å². The molecule has 0 fully saturated rings. The van der Waals surface area contributed by atoms with Gasteiger partial charge in [0.1, 0.15) is 4.47 Å². The van der Waals surface area contributed by atoms with Crippen molar-refractivity contribution in [2.75, 3.05) is 0 Å². The number of halogens is 1. The van der Waals surface area contributed by atoms with Crippen molar-refractivity contribution in [1.82, 2.24) is 19.7 Å². The minimum absolute atomic E-state index is 0.164. The molecule has 0 atom stereocenters. The molecule has 0 unspecified atom stereocenters. The predicted octanol–water partition coefficient (Wildman–Crippen LogP) is 1.03. The molecule has 0 saturated carbocycles. The minimum Gasteiger partial charge on any atom is -0.293 e. The third kappa shape index (κ3) is 1.37. The number of H-pyrrole nitrogens is 1. The molecule has 2 aromatic heterocycles. The van der Waals surface area contributed by atoms with E-state index in [1.54, 1.807) is 13.1 Å². The van der Waals surface area contributed by atoms with Crippen LogP contribution in [0.2, 0.25) is 0 Å². The molecule has 2 rings (SSSR count). The van der Waals surface area contributed by atoms with Crippen molar-refractivity contribution in [3.63, 3.8) is 0 Å². The Kier molecular flexibility index (Phi) is 2.20. The summed E-state index contributed by atoms with van der Waals surface area (Å²) in [6.45, 7) is 1.80. The molecular weight excluding hydrogens is 248 g/mol. The van der Waals surface area contributed by atoms with Gasteiger partial charge in [0, 0.05) is 18.1 Å². The third-order valence-corrected chi connectivity index (χ3v) is 2.71. The average molecular weight is 255 g/mol. The molecule has 0 radical (unpaired) electrons. The molecule has 5 nitrogen and oxygen atoms in total. The molecule has 2 aromatic rings. The van der Waals surface area contributed by atoms with Gasteiger partial charge in [0.05, 0.1) is 6.20 Å². The van der Waals surface area contributed by atoms with Gasteiger partial charge in [0.15, 0.2) is 5.82 Å². The van der Waals surface area contributed by atoms with E-state index in [-0.39, 0.29) is 5.56 Å². The smallest absolute Gasteiger partial charge is 0.287 e. The van der Waals surface area contributed by atoms with Gasteiger partial charge < -0.3 is 0 Å². The van der Waals surface area contributed by atoms with Gasteiger partial charge in [-0.2, -0.15) is 4.68 Å². The Balaban J connectivity index is 2.64. The standard InChI is InChI=1S/C8H7BrN4O/c1-5-7(9)8(14)13(12-5)6-4-10-2-3-11-6/h2-4,12H,1H3. The molecule has 1 N–H and O–H groups in total. The summed E-state index contributed by atoms with van der Waals surface area (Å²) in [5.41, 5.74) is 0.601. The molecule has 0 aliphatic carbocycles. The number of aryl methyl sites for hydroxylation is 1. The van der Waals surface area contributed by atoms with Crippen molar-refractivity contribution in [2.24, 2.45) is 0 Å². The van der Waals surface area contributed by atoms with Gasteiger partial charge in [-0.3, -0.25) is 14.9 Å². The van der Waals surface area contributed by atoms with Gasteiger partial charge in [0.2, 0.25) is 0 Å². The third-order valence-electron chi connectivity index (χ3n) is 1.78. The summed E-state index contributed by atoms with van der Waals surface area (Å²) < 4.78 is 1.86. The lowest BCUT2D eigenvalue weighted by Crippen LogP contribution is -2.15. The van der Waals surface area contributed by atoms with E-state index < -0.39 is 0 Å². The fraction of sp³-hybridized carbons (Fsp3) is 0.125. The van der Waals surface area contributed by atoms with Gasteiger partial charge >= 0.3 is 0 Å². The highest BCUT2D eigenvalue weighted by Gasteiger charge is 2.09. The molecule has 0 aliphatic rings. The monoisotopic (exact) mass is 254 g/mol. The Morgan fingerprint density at radius 3 is 2.79 bits per heavy atom. The normalized spacial score (nSPS) is 10.4. The number of hydrogen-bond acceptors (Lipinski definition) is 3. The molecule has 2 heterocycles. The summed E-state index contributed by atoms with van der Waals surface area (Å²) >= 11 is 3.18. The lowest BCUT2D eigenvalue weighted by Gasteiger charge is -1.97. The van der Waals surface area contributed by atoms with Crippen LogP contribution in [0.15, 0.2) is 27.9 Å². The van der Waals surface area contributed by atoms with Gasteiger partial charge in [-0.05, 0) is 22.9 Å². The second-order valence-corrected chi connectivity index (χ2v) is 3.55. The zero-order valence-electron chi connectivity index (χ0n) is 7.36. The highest BCUT2D eigenvalue weighted by atomic mass is 79.9. The maximum Gasteiger partial charge on any atom is 0.287 e. The maximum atomic E-state index is 11.6. The Morgan fingerprint density at radius 1 is 1.50 bits per heavy atom. The fourth-order valence-corrected chi connectivity index (χ4v) is 1.36. The van der Waals surface area contributed by atoms with E-state index in [1.807, 2.05) is 0 Å². The van der Waals surface area contributed by atoms with E-state index in [2.05, 4.69) is 31.0 Å². The van der Waals surface area contributed by atoms with E-state index in [9.17, 15) is 4.79 Å². The predicted molar refractivity (Wildman–Crippen MR) is 54.4 cm³/mol. The van der Waals surface area contributed by atoms with Gasteiger partial charge in [-0.25, -0.2) is 4.98 Å². The van der Waals surface area contributed by atoms with Crippen LogP contribution in [0.4, 0.5) is 0 Å². The van der Waals surface area contributed by atoms with E-state index in [0.29, 0.717) is 10.3 Å². The molecule has 0 saturated heterocycles. The Hall–Kier alpha value is -1.43.